The minimum Gasteiger partial charge on any atom is -0.353 e. The lowest BCUT2D eigenvalue weighted by molar-refractivity contribution is -0.169. The molecule has 1 saturated heterocycles. The van der Waals surface area contributed by atoms with Gasteiger partial charge in [-0.3, -0.25) is 4.98 Å². The Kier molecular flexibility index (Phi) is 4.11. The average molecular weight is 272 g/mol. The standard InChI is InChI=1S/C11H14BrNO2/c12-9-4-5-10(13-7-9)8-15-11-3-1-2-6-14-11/h4-5,7,11H,1-3,6,8H2. The highest BCUT2D eigenvalue weighted by Gasteiger charge is 2.13. The van der Waals surface area contributed by atoms with E-state index < -0.39 is 0 Å². The van der Waals surface area contributed by atoms with Crippen molar-refractivity contribution < 1.29 is 9.47 Å². The molecule has 82 valence electrons. The van der Waals surface area contributed by atoms with Gasteiger partial charge in [-0.05, 0) is 47.3 Å². The third kappa shape index (κ3) is 3.55. The van der Waals surface area contributed by atoms with Gasteiger partial charge in [0.15, 0.2) is 6.29 Å². The quantitative estimate of drug-likeness (QED) is 0.847. The van der Waals surface area contributed by atoms with E-state index >= 15 is 0 Å². The van der Waals surface area contributed by atoms with Crippen molar-refractivity contribution >= 4 is 15.9 Å². The summed E-state index contributed by atoms with van der Waals surface area (Å²) >= 11 is 3.35. The predicted octanol–water partition coefficient (Wildman–Crippen LogP) is 2.89. The van der Waals surface area contributed by atoms with Crippen LogP contribution in [0.1, 0.15) is 25.0 Å². The van der Waals surface area contributed by atoms with E-state index in [1.807, 2.05) is 12.1 Å². The van der Waals surface area contributed by atoms with Crippen molar-refractivity contribution in [3.8, 4) is 0 Å². The number of halogens is 1. The van der Waals surface area contributed by atoms with Gasteiger partial charge < -0.3 is 9.47 Å². The van der Waals surface area contributed by atoms with Crippen molar-refractivity contribution in [2.24, 2.45) is 0 Å². The minimum absolute atomic E-state index is 0.0378. The summed E-state index contributed by atoms with van der Waals surface area (Å²) in [6.45, 7) is 1.34. The number of pyridine rings is 1. The van der Waals surface area contributed by atoms with Crippen LogP contribution in [-0.4, -0.2) is 17.9 Å². The maximum atomic E-state index is 5.61. The van der Waals surface area contributed by atoms with Gasteiger partial charge in [-0.1, -0.05) is 0 Å². The molecule has 1 aliphatic rings. The molecule has 15 heavy (non-hydrogen) atoms. The summed E-state index contributed by atoms with van der Waals surface area (Å²) in [5.74, 6) is 0. The molecule has 2 rings (SSSR count). The van der Waals surface area contributed by atoms with Crippen molar-refractivity contribution in [2.75, 3.05) is 6.61 Å². The van der Waals surface area contributed by atoms with Gasteiger partial charge in [0, 0.05) is 17.3 Å². The van der Waals surface area contributed by atoms with Crippen LogP contribution in [0.2, 0.25) is 0 Å². The van der Waals surface area contributed by atoms with Crippen LogP contribution >= 0.6 is 15.9 Å². The monoisotopic (exact) mass is 271 g/mol. The van der Waals surface area contributed by atoms with Crippen LogP contribution in [-0.2, 0) is 16.1 Å². The smallest absolute Gasteiger partial charge is 0.158 e. The van der Waals surface area contributed by atoms with E-state index in [-0.39, 0.29) is 6.29 Å². The summed E-state index contributed by atoms with van der Waals surface area (Å²) in [6, 6.07) is 3.92. The molecule has 0 aliphatic carbocycles. The maximum absolute atomic E-state index is 5.61. The molecule has 1 aromatic rings. The topological polar surface area (TPSA) is 31.4 Å². The Hall–Kier alpha value is -0.450. The number of nitrogens with zero attached hydrogens (tertiary/aromatic N) is 1. The van der Waals surface area contributed by atoms with Gasteiger partial charge >= 0.3 is 0 Å². The average Bonchev–Trinajstić information content (AvgIpc) is 2.30. The summed E-state index contributed by atoms with van der Waals surface area (Å²) in [5, 5.41) is 0. The minimum atomic E-state index is -0.0378. The fraction of sp³-hybridized carbons (Fsp3) is 0.545. The van der Waals surface area contributed by atoms with E-state index in [0.29, 0.717) is 6.61 Å². The van der Waals surface area contributed by atoms with Crippen LogP contribution in [0.25, 0.3) is 0 Å². The first-order valence-electron chi connectivity index (χ1n) is 5.18. The molecule has 3 nitrogen and oxygen atoms in total. The first-order chi connectivity index (χ1) is 7.34. The molecule has 0 amide bonds. The Morgan fingerprint density at radius 1 is 1.47 bits per heavy atom. The van der Waals surface area contributed by atoms with Gasteiger partial charge in [0.1, 0.15) is 0 Å². The first kappa shape index (κ1) is 11.0. The summed E-state index contributed by atoms with van der Waals surface area (Å²) in [4.78, 5) is 4.24. The summed E-state index contributed by atoms with van der Waals surface area (Å²) in [7, 11) is 0. The molecule has 1 aliphatic heterocycles. The zero-order valence-corrected chi connectivity index (χ0v) is 10.1. The van der Waals surface area contributed by atoms with E-state index in [0.717, 1.165) is 29.6 Å². The molecule has 1 unspecified atom stereocenters. The molecular weight excluding hydrogens is 258 g/mol. The second-order valence-corrected chi connectivity index (χ2v) is 4.49. The van der Waals surface area contributed by atoms with E-state index in [2.05, 4.69) is 20.9 Å². The lowest BCUT2D eigenvalue weighted by Gasteiger charge is -2.22. The fourth-order valence-electron chi connectivity index (χ4n) is 1.51. The Morgan fingerprint density at radius 3 is 3.07 bits per heavy atom. The fourth-order valence-corrected chi connectivity index (χ4v) is 1.75. The Morgan fingerprint density at radius 2 is 2.40 bits per heavy atom. The van der Waals surface area contributed by atoms with E-state index in [9.17, 15) is 0 Å². The van der Waals surface area contributed by atoms with Crippen molar-refractivity contribution in [2.45, 2.75) is 32.2 Å². The number of ether oxygens (including phenoxy) is 2. The molecular formula is C11H14BrNO2. The highest BCUT2D eigenvalue weighted by molar-refractivity contribution is 9.10. The van der Waals surface area contributed by atoms with Crippen LogP contribution in [0, 0.1) is 0 Å². The normalized spacial score (nSPS) is 21.5. The zero-order valence-electron chi connectivity index (χ0n) is 8.49. The highest BCUT2D eigenvalue weighted by atomic mass is 79.9. The van der Waals surface area contributed by atoms with Crippen LogP contribution in [0.5, 0.6) is 0 Å². The molecule has 4 heteroatoms. The number of rotatable bonds is 3. The summed E-state index contributed by atoms with van der Waals surface area (Å²) in [5.41, 5.74) is 0.937. The molecule has 0 aromatic carbocycles. The maximum Gasteiger partial charge on any atom is 0.158 e. The molecule has 1 aromatic heterocycles. The molecule has 0 bridgehead atoms. The van der Waals surface area contributed by atoms with Crippen molar-refractivity contribution in [1.29, 1.82) is 0 Å². The molecule has 1 fully saturated rings. The van der Waals surface area contributed by atoms with E-state index in [4.69, 9.17) is 9.47 Å². The number of hydrogen-bond acceptors (Lipinski definition) is 3. The van der Waals surface area contributed by atoms with Gasteiger partial charge in [0.2, 0.25) is 0 Å². The Bertz CT molecular complexity index is 296. The van der Waals surface area contributed by atoms with Crippen molar-refractivity contribution in [3.05, 3.63) is 28.5 Å². The molecule has 0 radical (unpaired) electrons. The Labute approximate surface area is 97.9 Å². The van der Waals surface area contributed by atoms with Crippen LogP contribution < -0.4 is 0 Å². The first-order valence-corrected chi connectivity index (χ1v) is 5.97. The van der Waals surface area contributed by atoms with E-state index in [1.165, 1.54) is 6.42 Å². The van der Waals surface area contributed by atoms with Crippen molar-refractivity contribution in [1.82, 2.24) is 4.98 Å². The highest BCUT2D eigenvalue weighted by Crippen LogP contribution is 2.15. The zero-order chi connectivity index (χ0) is 10.5. The van der Waals surface area contributed by atoms with Crippen LogP contribution in [0.15, 0.2) is 22.8 Å². The predicted molar refractivity (Wildman–Crippen MR) is 60.3 cm³/mol. The van der Waals surface area contributed by atoms with Gasteiger partial charge in [-0.15, -0.1) is 0 Å². The SMILES string of the molecule is Brc1ccc(COC2CCCCO2)nc1. The second-order valence-electron chi connectivity index (χ2n) is 3.57. The van der Waals surface area contributed by atoms with E-state index in [1.54, 1.807) is 6.20 Å². The van der Waals surface area contributed by atoms with Gasteiger partial charge in [-0.25, -0.2) is 0 Å². The van der Waals surface area contributed by atoms with Crippen LogP contribution in [0.4, 0.5) is 0 Å². The molecule has 2 heterocycles. The molecule has 0 spiro atoms. The third-order valence-electron chi connectivity index (χ3n) is 2.34. The molecule has 0 saturated carbocycles. The largest absolute Gasteiger partial charge is 0.353 e. The van der Waals surface area contributed by atoms with Crippen molar-refractivity contribution in [3.63, 3.8) is 0 Å². The van der Waals surface area contributed by atoms with Gasteiger partial charge in [0.05, 0.1) is 12.3 Å². The molecule has 1 atom stereocenters. The summed E-state index contributed by atoms with van der Waals surface area (Å²) in [6.07, 6.45) is 5.08. The lowest BCUT2D eigenvalue weighted by atomic mass is 10.2. The number of aromatic nitrogens is 1. The Balaban J connectivity index is 1.79. The molecule has 0 N–H and O–H groups in total. The lowest BCUT2D eigenvalue weighted by Crippen LogP contribution is -2.22. The van der Waals surface area contributed by atoms with Gasteiger partial charge in [0.25, 0.3) is 0 Å². The number of hydrogen-bond donors (Lipinski definition) is 0. The summed E-state index contributed by atoms with van der Waals surface area (Å²) < 4.78 is 12.1. The van der Waals surface area contributed by atoms with Crippen LogP contribution in [0.3, 0.4) is 0 Å². The van der Waals surface area contributed by atoms with Gasteiger partial charge in [-0.2, -0.15) is 0 Å². The second kappa shape index (κ2) is 5.58. The third-order valence-corrected chi connectivity index (χ3v) is 2.81.